The molecule has 3 rings (SSSR count). The fraction of sp³-hybridized carbons (Fsp3) is 0.133. The Morgan fingerprint density at radius 3 is 2.81 bits per heavy atom. The predicted octanol–water partition coefficient (Wildman–Crippen LogP) is 4.80. The zero-order chi connectivity index (χ0) is 14.7. The van der Waals surface area contributed by atoms with Crippen molar-refractivity contribution in [3.63, 3.8) is 0 Å². The molecule has 0 fully saturated rings. The van der Waals surface area contributed by atoms with Gasteiger partial charge in [0.25, 0.3) is 5.91 Å². The Bertz CT molecular complexity index is 731. The van der Waals surface area contributed by atoms with Gasteiger partial charge in [-0.15, -0.1) is 22.7 Å². The van der Waals surface area contributed by atoms with E-state index >= 15 is 0 Å². The van der Waals surface area contributed by atoms with Crippen LogP contribution in [0.4, 0.5) is 0 Å². The van der Waals surface area contributed by atoms with E-state index in [2.05, 4.69) is 50.9 Å². The molecule has 0 saturated heterocycles. The van der Waals surface area contributed by atoms with Crippen molar-refractivity contribution in [2.45, 2.75) is 6.42 Å². The Balaban J connectivity index is 1.53. The highest BCUT2D eigenvalue weighted by Crippen LogP contribution is 2.31. The van der Waals surface area contributed by atoms with Gasteiger partial charge in [-0.3, -0.25) is 4.79 Å². The highest BCUT2D eigenvalue weighted by atomic mass is 79.9. The van der Waals surface area contributed by atoms with Crippen molar-refractivity contribution >= 4 is 44.5 Å². The average Bonchev–Trinajstić information content (AvgIpc) is 3.19. The molecular formula is C15H12BrNO2S2. The topological polar surface area (TPSA) is 42.2 Å². The molecule has 0 aromatic carbocycles. The molecule has 0 bridgehead atoms. The molecule has 0 atom stereocenters. The Hall–Kier alpha value is -1.37. The maximum Gasteiger partial charge on any atom is 0.287 e. The van der Waals surface area contributed by atoms with Gasteiger partial charge in [-0.2, -0.15) is 0 Å². The first-order valence-corrected chi connectivity index (χ1v) is 8.87. The predicted molar refractivity (Wildman–Crippen MR) is 90.1 cm³/mol. The minimum atomic E-state index is -0.185. The smallest absolute Gasteiger partial charge is 0.287 e. The van der Waals surface area contributed by atoms with Gasteiger partial charge in [-0.25, -0.2) is 0 Å². The average molecular weight is 382 g/mol. The van der Waals surface area contributed by atoms with Crippen LogP contribution in [0.1, 0.15) is 15.4 Å². The summed E-state index contributed by atoms with van der Waals surface area (Å²) in [6, 6.07) is 11.8. The number of rotatable bonds is 5. The number of nitrogens with one attached hydrogen (secondary N) is 1. The molecule has 3 nitrogen and oxygen atoms in total. The van der Waals surface area contributed by atoms with E-state index in [0.717, 1.165) is 6.42 Å². The minimum Gasteiger partial charge on any atom is -0.444 e. The van der Waals surface area contributed by atoms with Crippen molar-refractivity contribution in [3.8, 4) is 9.75 Å². The number of amides is 1. The zero-order valence-corrected chi connectivity index (χ0v) is 14.2. The van der Waals surface area contributed by atoms with Crippen LogP contribution in [0.15, 0.2) is 50.9 Å². The summed E-state index contributed by atoms with van der Waals surface area (Å²) in [6.45, 7) is 0.599. The van der Waals surface area contributed by atoms with Gasteiger partial charge in [0.2, 0.25) is 0 Å². The second-order valence-electron chi connectivity index (χ2n) is 4.35. The second kappa shape index (κ2) is 6.60. The first kappa shape index (κ1) is 14.6. The lowest BCUT2D eigenvalue weighted by Gasteiger charge is -2.01. The number of halogens is 1. The summed E-state index contributed by atoms with van der Waals surface area (Å²) >= 11 is 6.69. The van der Waals surface area contributed by atoms with E-state index in [-0.39, 0.29) is 5.91 Å². The number of hydrogen-bond donors (Lipinski definition) is 1. The minimum absolute atomic E-state index is 0.185. The van der Waals surface area contributed by atoms with Crippen molar-refractivity contribution in [2.75, 3.05) is 6.54 Å². The molecule has 0 unspecified atom stereocenters. The van der Waals surface area contributed by atoms with Crippen LogP contribution in [0.2, 0.25) is 0 Å². The quantitative estimate of drug-likeness (QED) is 0.689. The van der Waals surface area contributed by atoms with E-state index < -0.39 is 0 Å². The summed E-state index contributed by atoms with van der Waals surface area (Å²) in [5.74, 6) is 0.142. The Labute approximate surface area is 138 Å². The van der Waals surface area contributed by atoms with Gasteiger partial charge in [-0.05, 0) is 58.1 Å². The van der Waals surface area contributed by atoms with Crippen molar-refractivity contribution < 1.29 is 9.21 Å². The maximum absolute atomic E-state index is 11.8. The van der Waals surface area contributed by atoms with E-state index in [1.165, 1.54) is 14.6 Å². The molecule has 3 aromatic rings. The maximum atomic E-state index is 11.8. The van der Waals surface area contributed by atoms with Crippen molar-refractivity contribution in [1.29, 1.82) is 0 Å². The van der Waals surface area contributed by atoms with Crippen LogP contribution in [0.3, 0.4) is 0 Å². The molecule has 0 aliphatic carbocycles. The fourth-order valence-corrected chi connectivity index (χ4v) is 4.03. The van der Waals surface area contributed by atoms with E-state index in [0.29, 0.717) is 17.0 Å². The van der Waals surface area contributed by atoms with Gasteiger partial charge < -0.3 is 9.73 Å². The van der Waals surface area contributed by atoms with Gasteiger partial charge in [0.05, 0.1) is 0 Å². The molecule has 1 amide bonds. The van der Waals surface area contributed by atoms with Crippen LogP contribution < -0.4 is 5.32 Å². The summed E-state index contributed by atoms with van der Waals surface area (Å²) in [5, 5.41) is 4.94. The molecule has 21 heavy (non-hydrogen) atoms. The monoisotopic (exact) mass is 381 g/mol. The number of thiophene rings is 2. The second-order valence-corrected chi connectivity index (χ2v) is 7.25. The summed E-state index contributed by atoms with van der Waals surface area (Å²) in [6.07, 6.45) is 0.823. The third-order valence-corrected chi connectivity index (χ3v) is 5.52. The Morgan fingerprint density at radius 1 is 1.19 bits per heavy atom. The SMILES string of the molecule is O=C(NCCc1ccc(-c2cccs2)s1)c1ccc(Br)o1. The summed E-state index contributed by atoms with van der Waals surface area (Å²) in [4.78, 5) is 15.6. The molecule has 0 aliphatic rings. The van der Waals surface area contributed by atoms with Gasteiger partial charge in [0, 0.05) is 21.2 Å². The first-order valence-electron chi connectivity index (χ1n) is 6.38. The molecule has 0 aliphatic heterocycles. The van der Waals surface area contributed by atoms with Crippen molar-refractivity contribution in [3.05, 3.63) is 57.1 Å². The lowest BCUT2D eigenvalue weighted by atomic mass is 10.3. The third-order valence-electron chi connectivity index (χ3n) is 2.88. The van der Waals surface area contributed by atoms with Crippen LogP contribution in [0, 0.1) is 0 Å². The third kappa shape index (κ3) is 3.64. The van der Waals surface area contributed by atoms with Crippen molar-refractivity contribution in [1.82, 2.24) is 5.32 Å². The Kier molecular flexibility index (Phi) is 4.57. The fourth-order valence-electron chi connectivity index (χ4n) is 1.89. The highest BCUT2D eigenvalue weighted by molar-refractivity contribution is 9.10. The number of hydrogen-bond acceptors (Lipinski definition) is 4. The Morgan fingerprint density at radius 2 is 2.10 bits per heavy atom. The number of carbonyl (C=O) groups is 1. The summed E-state index contributed by atoms with van der Waals surface area (Å²) in [7, 11) is 0. The molecule has 0 spiro atoms. The molecule has 1 N–H and O–H groups in total. The van der Waals surface area contributed by atoms with Crippen LogP contribution in [-0.4, -0.2) is 12.5 Å². The molecule has 108 valence electrons. The first-order chi connectivity index (χ1) is 10.2. The van der Waals surface area contributed by atoms with Crippen LogP contribution in [0.25, 0.3) is 9.75 Å². The lowest BCUT2D eigenvalue weighted by molar-refractivity contribution is 0.0925. The van der Waals surface area contributed by atoms with Gasteiger partial charge >= 0.3 is 0 Å². The molecule has 0 saturated carbocycles. The standard InChI is InChI=1S/C15H12BrNO2S2/c16-14-6-4-11(19-14)15(18)17-8-7-10-3-5-13(21-10)12-2-1-9-20-12/h1-6,9H,7-8H2,(H,17,18). The van der Waals surface area contributed by atoms with Gasteiger partial charge in [0.1, 0.15) is 0 Å². The van der Waals surface area contributed by atoms with Crippen molar-refractivity contribution in [2.24, 2.45) is 0 Å². The number of furan rings is 1. The zero-order valence-electron chi connectivity index (χ0n) is 11.0. The molecule has 0 radical (unpaired) electrons. The summed E-state index contributed by atoms with van der Waals surface area (Å²) < 4.78 is 5.77. The van der Waals surface area contributed by atoms with E-state index in [9.17, 15) is 4.79 Å². The largest absolute Gasteiger partial charge is 0.444 e. The van der Waals surface area contributed by atoms with Crippen LogP contribution in [0.5, 0.6) is 0 Å². The lowest BCUT2D eigenvalue weighted by Crippen LogP contribution is -2.24. The van der Waals surface area contributed by atoms with E-state index in [1.54, 1.807) is 34.8 Å². The normalized spacial score (nSPS) is 10.7. The van der Waals surface area contributed by atoms with Crippen LogP contribution in [-0.2, 0) is 6.42 Å². The van der Waals surface area contributed by atoms with Gasteiger partial charge in [0.15, 0.2) is 10.4 Å². The molecular weight excluding hydrogens is 370 g/mol. The number of carbonyl (C=O) groups excluding carboxylic acids is 1. The highest BCUT2D eigenvalue weighted by Gasteiger charge is 2.10. The molecule has 6 heteroatoms. The summed E-state index contributed by atoms with van der Waals surface area (Å²) in [5.41, 5.74) is 0. The van der Waals surface area contributed by atoms with Crippen LogP contribution >= 0.6 is 38.6 Å². The molecule has 3 heterocycles. The van der Waals surface area contributed by atoms with E-state index in [4.69, 9.17) is 4.42 Å². The van der Waals surface area contributed by atoms with Gasteiger partial charge in [-0.1, -0.05) is 6.07 Å². The van der Waals surface area contributed by atoms with E-state index in [1.807, 2.05) is 0 Å². The molecule has 3 aromatic heterocycles.